The Morgan fingerprint density at radius 2 is 1.54 bits per heavy atom. The summed E-state index contributed by atoms with van der Waals surface area (Å²) in [5, 5.41) is 21.9. The smallest absolute Gasteiger partial charge is 0.202 e. The zero-order chi connectivity index (χ0) is 16.8. The maximum atomic E-state index is 11.0. The van der Waals surface area contributed by atoms with Gasteiger partial charge < -0.3 is 10.2 Å². The van der Waals surface area contributed by atoms with Crippen molar-refractivity contribution >= 4 is 0 Å². The third kappa shape index (κ3) is 1.73. The van der Waals surface area contributed by atoms with E-state index in [0.717, 1.165) is 41.5 Å². The SMILES string of the molecule is CC(C)(C)c1cccc(-n2c(O)c3c(c2O)[C@@H]2CC[C@H]3[C@H]3C[C@H]32)c1. The summed E-state index contributed by atoms with van der Waals surface area (Å²) < 4.78 is 1.68. The molecule has 0 amide bonds. The van der Waals surface area contributed by atoms with E-state index in [9.17, 15) is 10.2 Å². The van der Waals surface area contributed by atoms with Crippen LogP contribution < -0.4 is 0 Å². The second-order valence-electron chi connectivity index (χ2n) is 8.96. The third-order valence-corrected chi connectivity index (χ3v) is 6.62. The van der Waals surface area contributed by atoms with Crippen LogP contribution in [0.4, 0.5) is 0 Å². The van der Waals surface area contributed by atoms with Gasteiger partial charge in [0.15, 0.2) is 0 Å². The van der Waals surface area contributed by atoms with E-state index in [1.54, 1.807) is 4.57 Å². The van der Waals surface area contributed by atoms with Crippen molar-refractivity contribution in [2.24, 2.45) is 11.8 Å². The summed E-state index contributed by atoms with van der Waals surface area (Å²) in [5.41, 5.74) is 4.19. The first-order valence-corrected chi connectivity index (χ1v) is 9.15. The van der Waals surface area contributed by atoms with Gasteiger partial charge in [-0.3, -0.25) is 4.57 Å². The summed E-state index contributed by atoms with van der Waals surface area (Å²) in [5.74, 6) is 2.94. The molecule has 2 saturated carbocycles. The number of hydrogen-bond acceptors (Lipinski definition) is 2. The molecule has 0 spiro atoms. The normalized spacial score (nSPS) is 30.1. The number of hydrogen-bond donors (Lipinski definition) is 2. The molecular formula is C21H25NO2. The van der Waals surface area contributed by atoms with E-state index in [4.69, 9.17) is 0 Å². The monoisotopic (exact) mass is 323 g/mol. The molecule has 1 aromatic carbocycles. The fourth-order valence-electron chi connectivity index (χ4n) is 5.33. The predicted molar refractivity (Wildman–Crippen MR) is 94.1 cm³/mol. The Morgan fingerprint density at radius 1 is 0.958 bits per heavy atom. The molecule has 0 saturated heterocycles. The lowest BCUT2D eigenvalue weighted by Crippen LogP contribution is -2.22. The molecule has 4 aliphatic carbocycles. The average molecular weight is 323 g/mol. The molecule has 4 atom stereocenters. The van der Waals surface area contributed by atoms with Crippen molar-refractivity contribution in [2.45, 2.75) is 57.3 Å². The molecule has 24 heavy (non-hydrogen) atoms. The molecule has 126 valence electrons. The van der Waals surface area contributed by atoms with E-state index in [1.165, 1.54) is 12.0 Å². The van der Waals surface area contributed by atoms with Gasteiger partial charge in [-0.15, -0.1) is 0 Å². The minimum absolute atomic E-state index is 0.0364. The van der Waals surface area contributed by atoms with Crippen molar-refractivity contribution in [1.82, 2.24) is 4.57 Å². The van der Waals surface area contributed by atoms with Gasteiger partial charge in [-0.25, -0.2) is 0 Å². The molecule has 2 bridgehead atoms. The average Bonchev–Trinajstić information content (AvgIpc) is 3.31. The highest BCUT2D eigenvalue weighted by atomic mass is 16.3. The lowest BCUT2D eigenvalue weighted by Gasteiger charge is -2.35. The maximum Gasteiger partial charge on any atom is 0.202 e. The van der Waals surface area contributed by atoms with E-state index < -0.39 is 0 Å². The molecule has 2 N–H and O–H groups in total. The second kappa shape index (κ2) is 4.38. The molecule has 4 aliphatic rings. The van der Waals surface area contributed by atoms with Crippen molar-refractivity contribution in [3.63, 3.8) is 0 Å². The molecule has 2 fully saturated rings. The first kappa shape index (κ1) is 14.4. The van der Waals surface area contributed by atoms with Crippen LogP contribution in [0.2, 0.25) is 0 Å². The van der Waals surface area contributed by atoms with Gasteiger partial charge in [-0.05, 0) is 66.0 Å². The number of benzene rings is 1. The van der Waals surface area contributed by atoms with Gasteiger partial charge >= 0.3 is 0 Å². The van der Waals surface area contributed by atoms with Gasteiger partial charge in [-0.1, -0.05) is 32.9 Å². The van der Waals surface area contributed by atoms with Crippen molar-refractivity contribution in [2.75, 3.05) is 0 Å². The lowest BCUT2D eigenvalue weighted by molar-refractivity contribution is 0.322. The van der Waals surface area contributed by atoms with Crippen LogP contribution in [0.3, 0.4) is 0 Å². The fourth-order valence-corrected chi connectivity index (χ4v) is 5.33. The van der Waals surface area contributed by atoms with Crippen LogP contribution in [0.15, 0.2) is 24.3 Å². The molecule has 0 radical (unpaired) electrons. The van der Waals surface area contributed by atoms with Gasteiger partial charge in [0, 0.05) is 11.1 Å². The van der Waals surface area contributed by atoms with Gasteiger partial charge in [0.2, 0.25) is 11.8 Å². The lowest BCUT2D eigenvalue weighted by atomic mass is 9.68. The number of fused-ring (bicyclic) bond motifs is 1. The van der Waals surface area contributed by atoms with Crippen molar-refractivity contribution < 1.29 is 10.2 Å². The first-order valence-electron chi connectivity index (χ1n) is 9.15. The van der Waals surface area contributed by atoms with Crippen LogP contribution in [-0.4, -0.2) is 14.8 Å². The summed E-state index contributed by atoms with van der Waals surface area (Å²) in [6.45, 7) is 6.54. The third-order valence-electron chi connectivity index (χ3n) is 6.62. The van der Waals surface area contributed by atoms with Gasteiger partial charge in [0.1, 0.15) is 0 Å². The van der Waals surface area contributed by atoms with E-state index in [0.29, 0.717) is 11.8 Å². The van der Waals surface area contributed by atoms with Crippen LogP contribution >= 0.6 is 0 Å². The zero-order valence-corrected chi connectivity index (χ0v) is 14.6. The number of aromatic nitrogens is 1. The minimum Gasteiger partial charge on any atom is -0.494 e. The van der Waals surface area contributed by atoms with Crippen molar-refractivity contribution in [1.29, 1.82) is 0 Å². The quantitative estimate of drug-likeness (QED) is 0.792. The summed E-state index contributed by atoms with van der Waals surface area (Å²) in [6.07, 6.45) is 3.61. The van der Waals surface area contributed by atoms with E-state index in [1.807, 2.05) is 12.1 Å². The Bertz CT molecular complexity index is 803. The van der Waals surface area contributed by atoms with Gasteiger partial charge in [0.25, 0.3) is 0 Å². The Kier molecular flexibility index (Phi) is 2.64. The molecule has 6 rings (SSSR count). The Morgan fingerprint density at radius 3 is 2.08 bits per heavy atom. The molecule has 2 aromatic rings. The Balaban J connectivity index is 1.70. The Labute approximate surface area is 142 Å². The summed E-state index contributed by atoms with van der Waals surface area (Å²) in [6, 6.07) is 8.19. The molecule has 1 heterocycles. The fraction of sp³-hybridized carbons (Fsp3) is 0.524. The highest BCUT2D eigenvalue weighted by Crippen LogP contribution is 2.70. The summed E-state index contributed by atoms with van der Waals surface area (Å²) >= 11 is 0. The Hall–Kier alpha value is -1.90. The second-order valence-corrected chi connectivity index (χ2v) is 8.96. The maximum absolute atomic E-state index is 11.0. The molecular weight excluding hydrogens is 298 g/mol. The van der Waals surface area contributed by atoms with E-state index in [-0.39, 0.29) is 17.2 Å². The summed E-state index contributed by atoms with van der Waals surface area (Å²) in [7, 11) is 0. The van der Waals surface area contributed by atoms with Crippen LogP contribution in [-0.2, 0) is 5.41 Å². The number of aromatic hydroxyl groups is 2. The highest BCUT2D eigenvalue weighted by Gasteiger charge is 2.58. The van der Waals surface area contributed by atoms with Gasteiger partial charge in [-0.2, -0.15) is 0 Å². The topological polar surface area (TPSA) is 45.4 Å². The standard InChI is InChI=1S/C21H25NO2/c1-21(2,3)11-5-4-6-12(9-11)22-19(23)17-13-7-8-14(16-10-15(13)16)18(17)20(22)24/h4-6,9,13-16,23-24H,7-8,10H2,1-3H3/t13-,14+,15+,16-. The minimum atomic E-state index is 0.0364. The number of nitrogens with zero attached hydrogens (tertiary/aromatic N) is 1. The van der Waals surface area contributed by atoms with E-state index in [2.05, 4.69) is 32.9 Å². The van der Waals surface area contributed by atoms with E-state index >= 15 is 0 Å². The van der Waals surface area contributed by atoms with Crippen LogP contribution in [0.5, 0.6) is 11.8 Å². The highest BCUT2D eigenvalue weighted by molar-refractivity contribution is 5.59. The molecule has 1 aromatic heterocycles. The van der Waals surface area contributed by atoms with Crippen LogP contribution in [0.1, 0.15) is 68.6 Å². The molecule has 0 unspecified atom stereocenters. The van der Waals surface area contributed by atoms with Crippen molar-refractivity contribution in [3.8, 4) is 17.4 Å². The van der Waals surface area contributed by atoms with Crippen LogP contribution in [0, 0.1) is 11.8 Å². The molecule has 3 nitrogen and oxygen atoms in total. The largest absolute Gasteiger partial charge is 0.494 e. The van der Waals surface area contributed by atoms with Gasteiger partial charge in [0.05, 0.1) is 5.69 Å². The molecule has 0 aliphatic heterocycles. The first-order chi connectivity index (χ1) is 11.4. The molecule has 3 heteroatoms. The number of rotatable bonds is 1. The zero-order valence-electron chi connectivity index (χ0n) is 14.6. The van der Waals surface area contributed by atoms with Crippen LogP contribution in [0.25, 0.3) is 5.69 Å². The predicted octanol–water partition coefficient (Wildman–Crippen LogP) is 4.80. The van der Waals surface area contributed by atoms with Crippen molar-refractivity contribution in [3.05, 3.63) is 41.0 Å². The summed E-state index contributed by atoms with van der Waals surface area (Å²) in [4.78, 5) is 0.